The second-order valence-corrected chi connectivity index (χ2v) is 9.69. The van der Waals surface area contributed by atoms with Crippen LogP contribution in [0.5, 0.6) is 0 Å². The Labute approximate surface area is 130 Å². The first-order valence-corrected chi connectivity index (χ1v) is 10.8. The topological polar surface area (TPSA) is 87.6 Å². The fourth-order valence-corrected chi connectivity index (χ4v) is 4.31. The summed E-state index contributed by atoms with van der Waals surface area (Å²) in [6.45, 7) is 2.30. The maximum Gasteiger partial charge on any atom is 0.191 e. The van der Waals surface area contributed by atoms with Crippen LogP contribution in [0.3, 0.4) is 0 Å². The molecule has 124 valence electrons. The van der Waals surface area contributed by atoms with E-state index in [0.717, 1.165) is 25.7 Å². The van der Waals surface area contributed by atoms with E-state index < -0.39 is 20.6 Å². The van der Waals surface area contributed by atoms with Crippen LogP contribution in [0.15, 0.2) is 4.99 Å². The lowest BCUT2D eigenvalue weighted by Crippen LogP contribution is -2.47. The average Bonchev–Trinajstić information content (AvgIpc) is 2.44. The van der Waals surface area contributed by atoms with Gasteiger partial charge in [0, 0.05) is 47.7 Å². The number of nitrogens with zero attached hydrogens (tertiary/aromatic N) is 1. The van der Waals surface area contributed by atoms with Gasteiger partial charge in [-0.15, -0.1) is 0 Å². The molecule has 0 spiro atoms. The van der Waals surface area contributed by atoms with E-state index >= 15 is 0 Å². The van der Waals surface area contributed by atoms with Crippen molar-refractivity contribution in [3.05, 3.63) is 0 Å². The summed E-state index contributed by atoms with van der Waals surface area (Å²) in [5.41, 5.74) is 0. The van der Waals surface area contributed by atoms with Crippen molar-refractivity contribution in [1.82, 2.24) is 10.6 Å². The maximum absolute atomic E-state index is 11.9. The standard InChI is InChI=1S/C13H27N3O3S2/c1-4-20(17)12-7-5-6-11(10-12)16-13(14-2)15-8-9-21(3,18)19/h11-12H,4-10H2,1-3H3,(H2,14,15,16). The highest BCUT2D eigenvalue weighted by atomic mass is 32.2. The molecule has 3 atom stereocenters. The molecule has 1 aliphatic carbocycles. The SMILES string of the molecule is CCS(=O)C1CCCC(NC(=NC)NCCS(C)(=O)=O)C1. The van der Waals surface area contributed by atoms with Gasteiger partial charge in [-0.05, 0) is 19.3 Å². The molecule has 0 heterocycles. The zero-order valence-corrected chi connectivity index (χ0v) is 14.7. The van der Waals surface area contributed by atoms with Gasteiger partial charge in [-0.25, -0.2) is 8.42 Å². The molecule has 6 nitrogen and oxygen atoms in total. The minimum absolute atomic E-state index is 0.0842. The molecule has 21 heavy (non-hydrogen) atoms. The zero-order valence-electron chi connectivity index (χ0n) is 13.1. The molecular formula is C13H27N3O3S2. The van der Waals surface area contributed by atoms with E-state index in [-0.39, 0.29) is 17.0 Å². The summed E-state index contributed by atoms with van der Waals surface area (Å²) >= 11 is 0. The van der Waals surface area contributed by atoms with Crippen LogP contribution in [0.1, 0.15) is 32.6 Å². The molecule has 0 amide bonds. The Hall–Kier alpha value is -0.630. The van der Waals surface area contributed by atoms with Crippen molar-refractivity contribution in [2.75, 3.05) is 31.4 Å². The van der Waals surface area contributed by atoms with Gasteiger partial charge in [0.15, 0.2) is 5.96 Å². The first-order valence-electron chi connectivity index (χ1n) is 7.37. The zero-order chi connectivity index (χ0) is 15.9. The van der Waals surface area contributed by atoms with Crippen LogP contribution in [-0.2, 0) is 20.6 Å². The van der Waals surface area contributed by atoms with Crippen LogP contribution in [0, 0.1) is 0 Å². The van der Waals surface area contributed by atoms with Gasteiger partial charge in [0.25, 0.3) is 0 Å². The normalized spacial score (nSPS) is 25.4. The molecule has 0 saturated heterocycles. The smallest absolute Gasteiger partial charge is 0.191 e. The molecule has 1 fully saturated rings. The summed E-state index contributed by atoms with van der Waals surface area (Å²) in [5, 5.41) is 6.59. The van der Waals surface area contributed by atoms with Crippen LogP contribution in [0.4, 0.5) is 0 Å². The van der Waals surface area contributed by atoms with Crippen molar-refractivity contribution in [3.8, 4) is 0 Å². The number of aliphatic imine (C=N–C) groups is 1. The number of nitrogens with one attached hydrogen (secondary N) is 2. The van der Waals surface area contributed by atoms with E-state index in [1.165, 1.54) is 6.26 Å². The molecule has 1 rings (SSSR count). The Kier molecular flexibility index (Phi) is 7.65. The summed E-state index contributed by atoms with van der Waals surface area (Å²) < 4.78 is 34.1. The number of hydrogen-bond acceptors (Lipinski definition) is 4. The Balaban J connectivity index is 2.44. The Morgan fingerprint density at radius 2 is 2.10 bits per heavy atom. The molecular weight excluding hydrogens is 310 g/mol. The van der Waals surface area contributed by atoms with Crippen molar-refractivity contribution in [2.24, 2.45) is 4.99 Å². The van der Waals surface area contributed by atoms with Gasteiger partial charge in [0.05, 0.1) is 5.75 Å². The van der Waals surface area contributed by atoms with Crippen molar-refractivity contribution >= 4 is 26.6 Å². The van der Waals surface area contributed by atoms with Crippen LogP contribution in [0.2, 0.25) is 0 Å². The average molecular weight is 338 g/mol. The third kappa shape index (κ3) is 7.26. The van der Waals surface area contributed by atoms with Gasteiger partial charge in [-0.2, -0.15) is 0 Å². The third-order valence-corrected chi connectivity index (χ3v) is 6.30. The Morgan fingerprint density at radius 3 is 2.67 bits per heavy atom. The lowest BCUT2D eigenvalue weighted by atomic mass is 9.95. The second-order valence-electron chi connectivity index (χ2n) is 5.43. The van der Waals surface area contributed by atoms with Crippen molar-refractivity contribution in [1.29, 1.82) is 0 Å². The summed E-state index contributed by atoms with van der Waals surface area (Å²) in [7, 11) is -2.05. The quantitative estimate of drug-likeness (QED) is 0.537. The van der Waals surface area contributed by atoms with Crippen molar-refractivity contribution < 1.29 is 12.6 Å². The molecule has 2 N–H and O–H groups in total. The highest BCUT2D eigenvalue weighted by Crippen LogP contribution is 2.22. The molecule has 1 saturated carbocycles. The minimum atomic E-state index is -2.97. The Morgan fingerprint density at radius 1 is 1.38 bits per heavy atom. The molecule has 1 aliphatic rings. The van der Waals surface area contributed by atoms with Crippen LogP contribution in [-0.4, -0.2) is 61.2 Å². The maximum atomic E-state index is 11.9. The molecule has 0 aromatic heterocycles. The summed E-state index contributed by atoms with van der Waals surface area (Å²) in [4.78, 5) is 4.12. The highest BCUT2D eigenvalue weighted by molar-refractivity contribution is 7.90. The van der Waals surface area contributed by atoms with Crippen LogP contribution < -0.4 is 10.6 Å². The van der Waals surface area contributed by atoms with Crippen molar-refractivity contribution in [2.45, 2.75) is 43.9 Å². The molecule has 0 aromatic carbocycles. The van der Waals surface area contributed by atoms with Crippen LogP contribution in [0.25, 0.3) is 0 Å². The van der Waals surface area contributed by atoms with E-state index in [9.17, 15) is 12.6 Å². The molecule has 8 heteroatoms. The van der Waals surface area contributed by atoms with Crippen molar-refractivity contribution in [3.63, 3.8) is 0 Å². The first kappa shape index (κ1) is 18.4. The van der Waals surface area contributed by atoms with E-state index in [4.69, 9.17) is 0 Å². The summed E-state index contributed by atoms with van der Waals surface area (Å²) in [5.74, 6) is 1.41. The van der Waals surface area contributed by atoms with E-state index in [0.29, 0.717) is 18.3 Å². The molecule has 3 unspecified atom stereocenters. The molecule has 0 bridgehead atoms. The van der Waals surface area contributed by atoms with Gasteiger partial charge in [-0.3, -0.25) is 9.20 Å². The number of rotatable bonds is 6. The van der Waals surface area contributed by atoms with E-state index in [1.807, 2.05) is 6.92 Å². The lowest BCUT2D eigenvalue weighted by Gasteiger charge is -2.30. The van der Waals surface area contributed by atoms with E-state index in [1.54, 1.807) is 7.05 Å². The third-order valence-electron chi connectivity index (χ3n) is 3.61. The van der Waals surface area contributed by atoms with Gasteiger partial charge in [0.1, 0.15) is 9.84 Å². The molecule has 0 aromatic rings. The predicted molar refractivity (Wildman–Crippen MR) is 88.9 cm³/mol. The summed E-state index contributed by atoms with van der Waals surface area (Å²) in [6.07, 6.45) is 5.22. The number of sulfone groups is 1. The van der Waals surface area contributed by atoms with Crippen LogP contribution >= 0.6 is 0 Å². The van der Waals surface area contributed by atoms with E-state index in [2.05, 4.69) is 15.6 Å². The summed E-state index contributed by atoms with van der Waals surface area (Å²) in [6, 6.07) is 0.253. The monoisotopic (exact) mass is 337 g/mol. The second kappa shape index (κ2) is 8.73. The molecule has 0 aliphatic heterocycles. The minimum Gasteiger partial charge on any atom is -0.355 e. The largest absolute Gasteiger partial charge is 0.355 e. The first-order chi connectivity index (χ1) is 9.85. The van der Waals surface area contributed by atoms with Gasteiger partial charge >= 0.3 is 0 Å². The predicted octanol–water partition coefficient (Wildman–Crippen LogP) is 0.276. The molecule has 0 radical (unpaired) electrons. The van der Waals surface area contributed by atoms with Gasteiger partial charge < -0.3 is 10.6 Å². The fraction of sp³-hybridized carbons (Fsp3) is 0.923. The number of hydrogen-bond donors (Lipinski definition) is 2. The fourth-order valence-electron chi connectivity index (χ4n) is 2.49. The highest BCUT2D eigenvalue weighted by Gasteiger charge is 2.25. The van der Waals surface area contributed by atoms with Gasteiger partial charge in [0.2, 0.25) is 0 Å². The number of guanidine groups is 1. The lowest BCUT2D eigenvalue weighted by molar-refractivity contribution is 0.414. The van der Waals surface area contributed by atoms with Gasteiger partial charge in [-0.1, -0.05) is 13.3 Å². The Bertz CT molecular complexity index is 477.